The van der Waals surface area contributed by atoms with E-state index in [0.717, 1.165) is 78.3 Å². The summed E-state index contributed by atoms with van der Waals surface area (Å²) in [6, 6.07) is 11.9. The molecule has 1 heterocycles. The fraction of sp³-hybridized carbons (Fsp3) is 0.500. The van der Waals surface area contributed by atoms with Gasteiger partial charge in [-0.1, -0.05) is 32.4 Å². The van der Waals surface area contributed by atoms with Crippen molar-refractivity contribution in [1.29, 1.82) is 0 Å². The summed E-state index contributed by atoms with van der Waals surface area (Å²) < 4.78 is 15.3. The van der Waals surface area contributed by atoms with Crippen molar-refractivity contribution in [2.45, 2.75) is 81.3 Å². The molecule has 2 aliphatic carbocycles. The lowest BCUT2D eigenvalue weighted by atomic mass is 9.65. The van der Waals surface area contributed by atoms with E-state index < -0.39 is 5.41 Å². The summed E-state index contributed by atoms with van der Waals surface area (Å²) in [5.74, 6) is 1.62. The number of ether oxygens (including phenoxy) is 2. The SMILES string of the molecule is CC.COc1ccccc1SNc1cc(OC2CCC(O)CC2)c2c(c1)C1(CCC1)C(=O)N2. The highest BCUT2D eigenvalue weighted by atomic mass is 32.2. The van der Waals surface area contributed by atoms with Crippen LogP contribution >= 0.6 is 11.9 Å². The summed E-state index contributed by atoms with van der Waals surface area (Å²) in [5.41, 5.74) is 2.36. The molecule has 1 amide bonds. The van der Waals surface area contributed by atoms with Gasteiger partial charge in [0.05, 0.1) is 35.3 Å². The molecular formula is C26H34N2O4S. The third-order valence-corrected chi connectivity index (χ3v) is 7.68. The first-order valence-corrected chi connectivity index (χ1v) is 12.8. The Morgan fingerprint density at radius 2 is 1.82 bits per heavy atom. The molecule has 33 heavy (non-hydrogen) atoms. The highest BCUT2D eigenvalue weighted by Gasteiger charge is 2.52. The number of carbonyl (C=O) groups excluding carboxylic acids is 1. The molecule has 2 fully saturated rings. The predicted molar refractivity (Wildman–Crippen MR) is 133 cm³/mol. The number of methoxy groups -OCH3 is 1. The summed E-state index contributed by atoms with van der Waals surface area (Å²) >= 11 is 1.48. The Morgan fingerprint density at radius 1 is 1.09 bits per heavy atom. The Bertz CT molecular complexity index is 984. The number of carbonyl (C=O) groups is 1. The summed E-state index contributed by atoms with van der Waals surface area (Å²) in [6.07, 6.45) is 5.81. The lowest BCUT2D eigenvalue weighted by Gasteiger charge is -2.36. The molecule has 0 saturated heterocycles. The minimum absolute atomic E-state index is 0.0551. The number of amides is 1. The smallest absolute Gasteiger partial charge is 0.235 e. The van der Waals surface area contributed by atoms with Crippen LogP contribution in [0.2, 0.25) is 0 Å². The molecule has 2 aromatic rings. The average molecular weight is 471 g/mol. The zero-order valence-electron chi connectivity index (χ0n) is 19.6. The van der Waals surface area contributed by atoms with Gasteiger partial charge in [0.1, 0.15) is 11.5 Å². The number of nitrogens with one attached hydrogen (secondary N) is 2. The van der Waals surface area contributed by atoms with Crippen LogP contribution in [-0.4, -0.2) is 30.3 Å². The molecule has 3 N–H and O–H groups in total. The molecule has 7 heteroatoms. The predicted octanol–water partition coefficient (Wildman–Crippen LogP) is 5.90. The number of aliphatic hydroxyl groups excluding tert-OH is 1. The number of aliphatic hydroxyl groups is 1. The number of rotatable bonds is 6. The number of hydrogen-bond donors (Lipinski definition) is 3. The van der Waals surface area contributed by atoms with E-state index in [1.54, 1.807) is 7.11 Å². The van der Waals surface area contributed by atoms with Crippen LogP contribution in [0.3, 0.4) is 0 Å². The molecule has 0 atom stereocenters. The number of hydrogen-bond acceptors (Lipinski definition) is 6. The fourth-order valence-electron chi connectivity index (χ4n) is 4.82. The van der Waals surface area contributed by atoms with Crippen LogP contribution in [0.5, 0.6) is 11.5 Å². The second kappa shape index (κ2) is 10.3. The van der Waals surface area contributed by atoms with Gasteiger partial charge in [-0.25, -0.2) is 0 Å². The van der Waals surface area contributed by atoms with Gasteiger partial charge in [0.25, 0.3) is 0 Å². The Labute approximate surface area is 200 Å². The maximum atomic E-state index is 12.9. The van der Waals surface area contributed by atoms with Crippen LogP contribution in [-0.2, 0) is 10.2 Å². The normalized spacial score (nSPS) is 22.4. The number of fused-ring (bicyclic) bond motifs is 2. The third-order valence-electron chi connectivity index (χ3n) is 6.78. The highest BCUT2D eigenvalue weighted by molar-refractivity contribution is 8.00. The van der Waals surface area contributed by atoms with Crippen LogP contribution in [0.25, 0.3) is 0 Å². The molecule has 1 aliphatic heterocycles. The zero-order valence-corrected chi connectivity index (χ0v) is 20.5. The number of anilines is 2. The Balaban J connectivity index is 0.00000126. The van der Waals surface area contributed by atoms with E-state index in [1.165, 1.54) is 11.9 Å². The van der Waals surface area contributed by atoms with E-state index in [4.69, 9.17) is 9.47 Å². The maximum absolute atomic E-state index is 12.9. The van der Waals surface area contributed by atoms with Crippen molar-refractivity contribution in [2.24, 2.45) is 0 Å². The van der Waals surface area contributed by atoms with Crippen molar-refractivity contribution in [1.82, 2.24) is 0 Å². The van der Waals surface area contributed by atoms with Crippen LogP contribution in [0.15, 0.2) is 41.3 Å². The average Bonchev–Trinajstić information content (AvgIpc) is 3.13. The van der Waals surface area contributed by atoms with Crippen molar-refractivity contribution in [3.8, 4) is 11.5 Å². The van der Waals surface area contributed by atoms with Crippen molar-refractivity contribution in [3.63, 3.8) is 0 Å². The van der Waals surface area contributed by atoms with Crippen molar-refractivity contribution < 1.29 is 19.4 Å². The lowest BCUT2D eigenvalue weighted by molar-refractivity contribution is -0.123. The minimum Gasteiger partial charge on any atom is -0.496 e. The van der Waals surface area contributed by atoms with Crippen molar-refractivity contribution in [2.75, 3.05) is 17.1 Å². The van der Waals surface area contributed by atoms with Crippen LogP contribution in [0.1, 0.15) is 64.4 Å². The van der Waals surface area contributed by atoms with Crippen molar-refractivity contribution >= 4 is 29.2 Å². The first kappa shape index (κ1) is 23.8. The fourth-order valence-corrected chi connectivity index (χ4v) is 5.56. The minimum atomic E-state index is -0.414. The molecule has 0 unspecified atom stereocenters. The molecule has 178 valence electrons. The Kier molecular flexibility index (Phi) is 7.39. The summed E-state index contributed by atoms with van der Waals surface area (Å²) in [7, 11) is 1.67. The first-order valence-electron chi connectivity index (χ1n) is 12.0. The van der Waals surface area contributed by atoms with Crippen LogP contribution in [0.4, 0.5) is 11.4 Å². The lowest BCUT2D eigenvalue weighted by Crippen LogP contribution is -2.40. The summed E-state index contributed by atoms with van der Waals surface area (Å²) in [6.45, 7) is 4.00. The highest BCUT2D eigenvalue weighted by Crippen LogP contribution is 2.55. The molecular weight excluding hydrogens is 436 g/mol. The Hall–Kier alpha value is -2.38. The molecule has 0 radical (unpaired) electrons. The van der Waals surface area contributed by atoms with Gasteiger partial charge in [0.15, 0.2) is 0 Å². The van der Waals surface area contributed by atoms with Gasteiger partial charge in [0, 0.05) is 11.8 Å². The van der Waals surface area contributed by atoms with Gasteiger partial charge in [-0.05, 0) is 74.2 Å². The molecule has 2 aromatic carbocycles. The Morgan fingerprint density at radius 3 is 2.48 bits per heavy atom. The maximum Gasteiger partial charge on any atom is 0.235 e. The summed E-state index contributed by atoms with van der Waals surface area (Å²) in [4.78, 5) is 13.8. The molecule has 6 nitrogen and oxygen atoms in total. The van der Waals surface area contributed by atoms with E-state index in [9.17, 15) is 9.90 Å². The van der Waals surface area contributed by atoms with Gasteiger partial charge >= 0.3 is 0 Å². The standard InChI is InChI=1S/C24H28N2O4S.C2H6/c1-29-19-5-2-3-6-21(19)31-26-15-13-18-22(25-23(28)24(18)11-4-12-24)20(14-15)30-17-9-7-16(27)8-10-17;1-2/h2-3,5-6,13-14,16-17,26-27H,4,7-12H2,1H3,(H,25,28);1-2H3. The molecule has 0 bridgehead atoms. The van der Waals surface area contributed by atoms with E-state index >= 15 is 0 Å². The van der Waals surface area contributed by atoms with E-state index in [2.05, 4.69) is 16.1 Å². The molecule has 5 rings (SSSR count). The van der Waals surface area contributed by atoms with Gasteiger partial charge in [0.2, 0.25) is 5.91 Å². The number of benzene rings is 2. The van der Waals surface area contributed by atoms with Gasteiger partial charge in [-0.2, -0.15) is 0 Å². The summed E-state index contributed by atoms with van der Waals surface area (Å²) in [5, 5.41) is 12.9. The van der Waals surface area contributed by atoms with Gasteiger partial charge in [-0.15, -0.1) is 0 Å². The van der Waals surface area contributed by atoms with Gasteiger partial charge < -0.3 is 24.6 Å². The second-order valence-electron chi connectivity index (χ2n) is 8.69. The molecule has 0 aromatic heterocycles. The molecule has 1 spiro atoms. The van der Waals surface area contributed by atoms with Crippen LogP contribution < -0.4 is 19.5 Å². The van der Waals surface area contributed by atoms with E-state index in [-0.39, 0.29) is 18.1 Å². The first-order chi connectivity index (χ1) is 16.1. The van der Waals surface area contributed by atoms with Crippen molar-refractivity contribution in [3.05, 3.63) is 42.0 Å². The topological polar surface area (TPSA) is 79.8 Å². The molecule has 3 aliphatic rings. The second-order valence-corrected chi connectivity index (χ2v) is 9.54. The number of para-hydroxylation sites is 1. The van der Waals surface area contributed by atoms with E-state index in [0.29, 0.717) is 0 Å². The van der Waals surface area contributed by atoms with E-state index in [1.807, 2.05) is 44.2 Å². The van der Waals surface area contributed by atoms with Crippen LogP contribution in [0, 0.1) is 0 Å². The third kappa shape index (κ3) is 4.66. The zero-order chi connectivity index (χ0) is 23.4. The molecule has 2 saturated carbocycles. The largest absolute Gasteiger partial charge is 0.496 e. The quantitative estimate of drug-likeness (QED) is 0.456. The van der Waals surface area contributed by atoms with Gasteiger partial charge in [-0.3, -0.25) is 4.79 Å². The monoisotopic (exact) mass is 470 g/mol.